The molecule has 0 saturated carbocycles. The molecule has 8 heteroatoms. The van der Waals surface area contributed by atoms with Crippen LogP contribution in [0, 0.1) is 6.92 Å². The molecule has 2 aromatic carbocycles. The third-order valence-electron chi connectivity index (χ3n) is 3.81. The summed E-state index contributed by atoms with van der Waals surface area (Å²) in [4.78, 5) is 11.4. The zero-order valence-corrected chi connectivity index (χ0v) is 15.9. The number of carbonyl (C=O) groups excluding carboxylic acids is 1. The fourth-order valence-corrected chi connectivity index (χ4v) is 3.13. The van der Waals surface area contributed by atoms with Gasteiger partial charge in [-0.15, -0.1) is 5.10 Å². The second-order valence-corrected chi connectivity index (χ2v) is 7.06. The quantitative estimate of drug-likeness (QED) is 0.472. The molecule has 27 heavy (non-hydrogen) atoms. The maximum absolute atomic E-state index is 11.4. The van der Waals surface area contributed by atoms with Crippen LogP contribution in [0.4, 0.5) is 0 Å². The number of aliphatic hydroxyl groups excluding tert-OH is 1. The molecule has 0 bridgehead atoms. The number of nitrogens with zero attached hydrogens (tertiary/aromatic N) is 4. The van der Waals surface area contributed by atoms with Crippen molar-refractivity contribution in [2.45, 2.75) is 25.1 Å². The number of rotatable bonds is 8. The van der Waals surface area contributed by atoms with Crippen molar-refractivity contribution in [3.8, 4) is 11.4 Å². The monoisotopic (exact) mass is 384 g/mol. The Hall–Kier alpha value is -2.71. The van der Waals surface area contributed by atoms with Crippen LogP contribution >= 0.6 is 11.8 Å². The summed E-state index contributed by atoms with van der Waals surface area (Å²) < 4.78 is 7.22. The topological polar surface area (TPSA) is 90.1 Å². The van der Waals surface area contributed by atoms with Gasteiger partial charge in [0.05, 0.1) is 11.8 Å². The highest BCUT2D eigenvalue weighted by Gasteiger charge is 2.13. The minimum atomic E-state index is -0.709. The second-order valence-electron chi connectivity index (χ2n) is 6.07. The van der Waals surface area contributed by atoms with Crippen LogP contribution in [-0.2, 0) is 0 Å². The number of aliphatic hydroxyl groups is 1. The van der Waals surface area contributed by atoms with Crippen molar-refractivity contribution in [3.63, 3.8) is 0 Å². The first-order valence-electron chi connectivity index (χ1n) is 8.43. The van der Waals surface area contributed by atoms with Gasteiger partial charge in [0, 0.05) is 11.3 Å². The first kappa shape index (κ1) is 19.1. The van der Waals surface area contributed by atoms with Gasteiger partial charge < -0.3 is 9.84 Å². The Morgan fingerprint density at radius 2 is 2.04 bits per heavy atom. The first-order chi connectivity index (χ1) is 13.0. The van der Waals surface area contributed by atoms with Crippen LogP contribution in [0.3, 0.4) is 0 Å². The zero-order valence-electron chi connectivity index (χ0n) is 15.1. The third-order valence-corrected chi connectivity index (χ3v) is 4.87. The summed E-state index contributed by atoms with van der Waals surface area (Å²) in [5, 5.41) is 22.5. The normalized spacial score (nSPS) is 12.0. The number of aromatic nitrogens is 4. The van der Waals surface area contributed by atoms with Gasteiger partial charge in [-0.25, -0.2) is 0 Å². The number of tetrazole rings is 1. The van der Waals surface area contributed by atoms with Gasteiger partial charge in [0.1, 0.15) is 12.4 Å². The number of benzene rings is 2. The summed E-state index contributed by atoms with van der Waals surface area (Å²) in [7, 11) is 0. The lowest BCUT2D eigenvalue weighted by Gasteiger charge is -2.12. The molecule has 1 N–H and O–H groups in total. The Balaban J connectivity index is 1.55. The van der Waals surface area contributed by atoms with Crippen LogP contribution in [0.15, 0.2) is 53.7 Å². The van der Waals surface area contributed by atoms with Gasteiger partial charge in [-0.1, -0.05) is 41.6 Å². The number of carbonyl (C=O) groups is 1. The summed E-state index contributed by atoms with van der Waals surface area (Å²) in [6, 6.07) is 14.8. The van der Waals surface area contributed by atoms with Gasteiger partial charge in [0.15, 0.2) is 5.78 Å². The largest absolute Gasteiger partial charge is 0.491 e. The molecule has 7 nitrogen and oxygen atoms in total. The van der Waals surface area contributed by atoms with E-state index in [0.29, 0.717) is 22.2 Å². The molecule has 0 aliphatic carbocycles. The van der Waals surface area contributed by atoms with E-state index in [1.165, 1.54) is 18.7 Å². The molecule has 140 valence electrons. The van der Waals surface area contributed by atoms with Crippen LogP contribution in [0.25, 0.3) is 5.69 Å². The highest BCUT2D eigenvalue weighted by molar-refractivity contribution is 7.99. The van der Waals surface area contributed by atoms with Crippen LogP contribution in [0.2, 0.25) is 0 Å². The second kappa shape index (κ2) is 8.79. The van der Waals surface area contributed by atoms with Crippen molar-refractivity contribution in [1.29, 1.82) is 0 Å². The standard InChI is InChI=1S/C19H20N4O3S/c1-13-6-8-16(9-7-13)23-19(20-21-22-23)27-12-17(25)11-26-18-5-3-4-15(10-18)14(2)24/h3-10,17,25H,11-12H2,1-2H3/t17-/m0/s1. The summed E-state index contributed by atoms with van der Waals surface area (Å²) in [6.07, 6.45) is -0.709. The van der Waals surface area contributed by atoms with Crippen molar-refractivity contribution in [2.75, 3.05) is 12.4 Å². The Labute approximate surface area is 161 Å². The van der Waals surface area contributed by atoms with Crippen molar-refractivity contribution in [2.24, 2.45) is 0 Å². The van der Waals surface area contributed by atoms with Crippen LogP contribution in [-0.4, -0.2) is 49.6 Å². The molecule has 1 heterocycles. The van der Waals surface area contributed by atoms with Gasteiger partial charge in [0.25, 0.3) is 0 Å². The predicted molar refractivity (Wildman–Crippen MR) is 103 cm³/mol. The van der Waals surface area contributed by atoms with E-state index < -0.39 is 6.10 Å². The number of ether oxygens (including phenoxy) is 1. The van der Waals surface area contributed by atoms with Gasteiger partial charge in [-0.05, 0) is 48.5 Å². The first-order valence-corrected chi connectivity index (χ1v) is 9.41. The fourth-order valence-electron chi connectivity index (χ4n) is 2.33. The number of thioether (sulfide) groups is 1. The Morgan fingerprint density at radius 3 is 2.78 bits per heavy atom. The summed E-state index contributed by atoms with van der Waals surface area (Å²) in [5.74, 6) is 0.897. The summed E-state index contributed by atoms with van der Waals surface area (Å²) in [5.41, 5.74) is 2.59. The molecular formula is C19H20N4O3S. The molecule has 3 rings (SSSR count). The highest BCUT2D eigenvalue weighted by Crippen LogP contribution is 2.20. The molecule has 0 amide bonds. The van der Waals surface area contributed by atoms with E-state index in [1.54, 1.807) is 28.9 Å². The van der Waals surface area contributed by atoms with Crippen molar-refractivity contribution in [3.05, 3.63) is 59.7 Å². The van der Waals surface area contributed by atoms with Crippen LogP contribution in [0.5, 0.6) is 5.75 Å². The lowest BCUT2D eigenvalue weighted by atomic mass is 10.1. The van der Waals surface area contributed by atoms with Gasteiger partial charge in [-0.2, -0.15) is 4.68 Å². The molecule has 1 atom stereocenters. The molecule has 0 spiro atoms. The Bertz CT molecular complexity index is 911. The zero-order chi connectivity index (χ0) is 19.2. The van der Waals surface area contributed by atoms with Crippen LogP contribution in [0.1, 0.15) is 22.8 Å². The lowest BCUT2D eigenvalue weighted by Crippen LogP contribution is -2.20. The van der Waals surface area contributed by atoms with E-state index in [9.17, 15) is 9.90 Å². The molecule has 0 fully saturated rings. The number of aryl methyl sites for hydroxylation is 1. The molecule has 0 unspecified atom stereocenters. The molecular weight excluding hydrogens is 364 g/mol. The SMILES string of the molecule is CC(=O)c1cccc(OC[C@H](O)CSc2nnnn2-c2ccc(C)cc2)c1. The smallest absolute Gasteiger partial charge is 0.214 e. The average Bonchev–Trinajstić information content (AvgIpc) is 3.14. The third kappa shape index (κ3) is 5.15. The summed E-state index contributed by atoms with van der Waals surface area (Å²) >= 11 is 1.35. The van der Waals surface area contributed by atoms with E-state index in [1.807, 2.05) is 31.2 Å². The van der Waals surface area contributed by atoms with Gasteiger partial charge in [0.2, 0.25) is 5.16 Å². The van der Waals surface area contributed by atoms with Crippen LogP contribution < -0.4 is 4.74 Å². The minimum Gasteiger partial charge on any atom is -0.491 e. The Kier molecular flexibility index (Phi) is 6.20. The molecule has 0 aliphatic rings. The number of hydrogen-bond acceptors (Lipinski definition) is 7. The number of Topliss-reactive ketones (excluding diaryl/α,β-unsaturated/α-hetero) is 1. The molecule has 1 aromatic heterocycles. The van der Waals surface area contributed by atoms with Gasteiger partial charge in [-0.3, -0.25) is 4.79 Å². The van der Waals surface area contributed by atoms with Crippen molar-refractivity contribution >= 4 is 17.5 Å². The molecule has 0 radical (unpaired) electrons. The summed E-state index contributed by atoms with van der Waals surface area (Å²) in [6.45, 7) is 3.63. The predicted octanol–water partition coefficient (Wildman–Crippen LogP) is 2.71. The Morgan fingerprint density at radius 1 is 1.26 bits per heavy atom. The van der Waals surface area contributed by atoms with E-state index in [-0.39, 0.29) is 12.4 Å². The maximum Gasteiger partial charge on any atom is 0.214 e. The minimum absolute atomic E-state index is 0.0282. The molecule has 0 saturated heterocycles. The van der Waals surface area contributed by atoms with Gasteiger partial charge >= 0.3 is 0 Å². The van der Waals surface area contributed by atoms with Crippen molar-refractivity contribution < 1.29 is 14.6 Å². The van der Waals surface area contributed by atoms with E-state index in [4.69, 9.17) is 4.74 Å². The van der Waals surface area contributed by atoms with E-state index in [0.717, 1.165) is 11.3 Å². The average molecular weight is 384 g/mol. The molecule has 3 aromatic rings. The number of hydrogen-bond donors (Lipinski definition) is 1. The van der Waals surface area contributed by atoms with E-state index >= 15 is 0 Å². The lowest BCUT2D eigenvalue weighted by molar-refractivity contribution is 0.101. The molecule has 0 aliphatic heterocycles. The fraction of sp³-hybridized carbons (Fsp3) is 0.263. The van der Waals surface area contributed by atoms with Crippen molar-refractivity contribution in [1.82, 2.24) is 20.2 Å². The number of ketones is 1. The van der Waals surface area contributed by atoms with E-state index in [2.05, 4.69) is 15.5 Å². The maximum atomic E-state index is 11.4. The highest BCUT2D eigenvalue weighted by atomic mass is 32.2.